The minimum Gasteiger partial charge on any atom is -0.478 e. The highest BCUT2D eigenvalue weighted by atomic mass is 32.2. The van der Waals surface area contributed by atoms with Gasteiger partial charge in [0, 0.05) is 35.5 Å². The van der Waals surface area contributed by atoms with Crippen LogP contribution in [0.4, 0.5) is 11.4 Å². The van der Waals surface area contributed by atoms with Crippen molar-refractivity contribution in [2.24, 2.45) is 0 Å². The Morgan fingerprint density at radius 2 is 2.39 bits per heavy atom. The van der Waals surface area contributed by atoms with Gasteiger partial charge in [-0.3, -0.25) is 0 Å². The van der Waals surface area contributed by atoms with Crippen molar-refractivity contribution >= 4 is 29.1 Å². The number of thioether (sulfide) groups is 1. The SMILES string of the molecule is CCC1CN(c2ccc(N)c(C(=O)O)c2)CCS1. The summed E-state index contributed by atoms with van der Waals surface area (Å²) in [7, 11) is 0. The van der Waals surface area contributed by atoms with Crippen LogP contribution in [0.5, 0.6) is 0 Å². The fourth-order valence-corrected chi connectivity index (χ4v) is 3.31. The maximum Gasteiger partial charge on any atom is 0.337 e. The standard InChI is InChI=1S/C13H18N2O2S/c1-2-10-8-15(5-6-18-10)9-3-4-12(14)11(7-9)13(16)17/h3-4,7,10H,2,5-6,8,14H2,1H3,(H,16,17). The molecule has 3 N–H and O–H groups in total. The number of nitrogen functional groups attached to an aromatic ring is 1. The number of nitrogens with two attached hydrogens (primary N) is 1. The topological polar surface area (TPSA) is 66.6 Å². The Bertz CT molecular complexity index is 451. The molecule has 0 saturated carbocycles. The number of aromatic carboxylic acids is 1. The summed E-state index contributed by atoms with van der Waals surface area (Å²) in [5, 5.41) is 9.71. The second kappa shape index (κ2) is 5.52. The first-order valence-corrected chi connectivity index (χ1v) is 7.16. The molecular formula is C13H18N2O2S. The van der Waals surface area contributed by atoms with Gasteiger partial charge in [-0.25, -0.2) is 4.79 Å². The molecule has 1 atom stereocenters. The Morgan fingerprint density at radius 3 is 3.06 bits per heavy atom. The Kier molecular flexibility index (Phi) is 4.01. The van der Waals surface area contributed by atoms with Crippen LogP contribution >= 0.6 is 11.8 Å². The highest BCUT2D eigenvalue weighted by molar-refractivity contribution is 8.00. The molecule has 0 radical (unpaired) electrons. The van der Waals surface area contributed by atoms with E-state index in [1.54, 1.807) is 12.1 Å². The van der Waals surface area contributed by atoms with E-state index in [0.29, 0.717) is 10.9 Å². The van der Waals surface area contributed by atoms with Crippen molar-refractivity contribution in [3.05, 3.63) is 23.8 Å². The molecule has 1 aromatic rings. The van der Waals surface area contributed by atoms with Gasteiger partial charge in [0.05, 0.1) is 5.56 Å². The second-order valence-corrected chi connectivity index (χ2v) is 5.83. The van der Waals surface area contributed by atoms with Gasteiger partial charge >= 0.3 is 5.97 Å². The summed E-state index contributed by atoms with van der Waals surface area (Å²) in [6.45, 7) is 4.13. The van der Waals surface area contributed by atoms with E-state index >= 15 is 0 Å². The zero-order valence-corrected chi connectivity index (χ0v) is 11.2. The lowest BCUT2D eigenvalue weighted by Crippen LogP contribution is -2.37. The quantitative estimate of drug-likeness (QED) is 0.822. The number of carbonyl (C=O) groups is 1. The van der Waals surface area contributed by atoms with E-state index in [4.69, 9.17) is 10.8 Å². The molecular weight excluding hydrogens is 248 g/mol. The van der Waals surface area contributed by atoms with Crippen LogP contribution in [0.15, 0.2) is 18.2 Å². The highest BCUT2D eigenvalue weighted by Crippen LogP contribution is 2.27. The molecule has 1 aromatic carbocycles. The van der Waals surface area contributed by atoms with Gasteiger partial charge in [0.25, 0.3) is 0 Å². The highest BCUT2D eigenvalue weighted by Gasteiger charge is 2.20. The van der Waals surface area contributed by atoms with E-state index in [1.807, 2.05) is 17.8 Å². The maximum atomic E-state index is 11.1. The first kappa shape index (κ1) is 13.1. The van der Waals surface area contributed by atoms with E-state index in [1.165, 1.54) is 0 Å². The predicted octanol–water partition coefficient (Wildman–Crippen LogP) is 2.30. The van der Waals surface area contributed by atoms with E-state index in [2.05, 4.69) is 11.8 Å². The summed E-state index contributed by atoms with van der Waals surface area (Å²) in [5.41, 5.74) is 7.15. The lowest BCUT2D eigenvalue weighted by molar-refractivity contribution is 0.0698. The van der Waals surface area contributed by atoms with E-state index in [-0.39, 0.29) is 5.56 Å². The second-order valence-electron chi connectivity index (χ2n) is 4.42. The van der Waals surface area contributed by atoms with Crippen LogP contribution < -0.4 is 10.6 Å². The Hall–Kier alpha value is -1.36. The molecule has 1 heterocycles. The van der Waals surface area contributed by atoms with Crippen LogP contribution in [0.25, 0.3) is 0 Å². The molecule has 5 heteroatoms. The first-order chi connectivity index (χ1) is 8.61. The summed E-state index contributed by atoms with van der Waals surface area (Å²) in [5.74, 6) is 0.124. The van der Waals surface area contributed by atoms with Crippen LogP contribution in [-0.4, -0.2) is 35.2 Å². The predicted molar refractivity (Wildman–Crippen MR) is 76.6 cm³/mol. The summed E-state index contributed by atoms with van der Waals surface area (Å²) in [6, 6.07) is 5.27. The van der Waals surface area contributed by atoms with Crippen LogP contribution in [0.3, 0.4) is 0 Å². The van der Waals surface area contributed by atoms with Crippen molar-refractivity contribution in [2.45, 2.75) is 18.6 Å². The molecule has 0 spiro atoms. The van der Waals surface area contributed by atoms with Crippen molar-refractivity contribution in [3.63, 3.8) is 0 Å². The van der Waals surface area contributed by atoms with Gasteiger partial charge in [0.2, 0.25) is 0 Å². The number of anilines is 2. The minimum absolute atomic E-state index is 0.193. The van der Waals surface area contributed by atoms with Crippen molar-refractivity contribution < 1.29 is 9.90 Å². The molecule has 1 unspecified atom stereocenters. The Morgan fingerprint density at radius 1 is 1.61 bits per heavy atom. The zero-order valence-electron chi connectivity index (χ0n) is 10.4. The van der Waals surface area contributed by atoms with Crippen LogP contribution in [0, 0.1) is 0 Å². The fraction of sp³-hybridized carbons (Fsp3) is 0.462. The largest absolute Gasteiger partial charge is 0.478 e. The van der Waals surface area contributed by atoms with E-state index in [9.17, 15) is 4.79 Å². The molecule has 0 bridgehead atoms. The number of nitrogens with zero attached hydrogens (tertiary/aromatic N) is 1. The Balaban J connectivity index is 2.22. The molecule has 0 amide bonds. The van der Waals surface area contributed by atoms with Gasteiger partial charge in [-0.05, 0) is 24.6 Å². The summed E-state index contributed by atoms with van der Waals surface area (Å²) < 4.78 is 0. The van der Waals surface area contributed by atoms with Gasteiger partial charge in [-0.15, -0.1) is 0 Å². The van der Waals surface area contributed by atoms with Crippen molar-refractivity contribution in [1.82, 2.24) is 0 Å². The molecule has 0 aromatic heterocycles. The van der Waals surface area contributed by atoms with Crippen molar-refractivity contribution in [3.8, 4) is 0 Å². The molecule has 2 rings (SSSR count). The summed E-state index contributed by atoms with van der Waals surface area (Å²) in [4.78, 5) is 13.3. The van der Waals surface area contributed by atoms with E-state index < -0.39 is 5.97 Å². The van der Waals surface area contributed by atoms with Gasteiger partial charge in [-0.1, -0.05) is 6.92 Å². The van der Waals surface area contributed by atoms with Crippen LogP contribution in [-0.2, 0) is 0 Å². The average Bonchev–Trinajstić information content (AvgIpc) is 2.39. The Labute approximate surface area is 111 Å². The monoisotopic (exact) mass is 266 g/mol. The minimum atomic E-state index is -0.965. The number of hydrogen-bond acceptors (Lipinski definition) is 4. The van der Waals surface area contributed by atoms with Crippen LogP contribution in [0.1, 0.15) is 23.7 Å². The first-order valence-electron chi connectivity index (χ1n) is 6.11. The molecule has 1 saturated heterocycles. The van der Waals surface area contributed by atoms with Gasteiger partial charge in [0.1, 0.15) is 0 Å². The molecule has 18 heavy (non-hydrogen) atoms. The fourth-order valence-electron chi connectivity index (χ4n) is 2.13. The lowest BCUT2D eigenvalue weighted by Gasteiger charge is -2.33. The maximum absolute atomic E-state index is 11.1. The molecule has 0 aliphatic carbocycles. The summed E-state index contributed by atoms with van der Waals surface area (Å²) >= 11 is 1.99. The number of rotatable bonds is 3. The number of carboxylic acid groups (broad SMARTS) is 1. The van der Waals surface area contributed by atoms with Gasteiger partial charge < -0.3 is 15.7 Å². The third-order valence-electron chi connectivity index (χ3n) is 3.23. The zero-order chi connectivity index (χ0) is 13.1. The third-order valence-corrected chi connectivity index (χ3v) is 4.60. The molecule has 98 valence electrons. The molecule has 1 aliphatic heterocycles. The van der Waals surface area contributed by atoms with E-state index in [0.717, 1.165) is 31.0 Å². The van der Waals surface area contributed by atoms with Crippen molar-refractivity contribution in [1.29, 1.82) is 0 Å². The van der Waals surface area contributed by atoms with Gasteiger partial charge in [-0.2, -0.15) is 11.8 Å². The molecule has 4 nitrogen and oxygen atoms in total. The van der Waals surface area contributed by atoms with Crippen molar-refractivity contribution in [2.75, 3.05) is 29.5 Å². The number of hydrogen-bond donors (Lipinski definition) is 2. The number of carboxylic acids is 1. The third kappa shape index (κ3) is 2.72. The average molecular weight is 266 g/mol. The lowest BCUT2D eigenvalue weighted by atomic mass is 10.1. The molecule has 1 aliphatic rings. The summed E-state index contributed by atoms with van der Waals surface area (Å²) in [6.07, 6.45) is 1.14. The normalized spacial score (nSPS) is 19.8. The van der Waals surface area contributed by atoms with Gasteiger partial charge in [0.15, 0.2) is 0 Å². The smallest absolute Gasteiger partial charge is 0.337 e. The molecule has 1 fully saturated rings. The number of benzene rings is 1. The van der Waals surface area contributed by atoms with Crippen LogP contribution in [0.2, 0.25) is 0 Å².